The maximum absolute atomic E-state index is 11.8. The third-order valence-corrected chi connectivity index (χ3v) is 3.20. The van der Waals surface area contributed by atoms with Crippen molar-refractivity contribution in [2.75, 3.05) is 14.1 Å². The number of nitrogens with two attached hydrogens (primary N) is 1. The molecule has 0 saturated heterocycles. The van der Waals surface area contributed by atoms with Crippen LogP contribution < -0.4 is 11.1 Å². The molecule has 2 rings (SSSR count). The molecular weight excluding hydrogens is 322 g/mol. The fourth-order valence-electron chi connectivity index (χ4n) is 1.51. The minimum absolute atomic E-state index is 0.00517. The average Bonchev–Trinajstić information content (AvgIpc) is 3.28. The Kier molecular flexibility index (Phi) is 6.47. The lowest BCUT2D eigenvalue weighted by Gasteiger charge is -2.14. The number of dihydropyridines is 1. The van der Waals surface area contributed by atoms with Crippen molar-refractivity contribution in [1.82, 2.24) is 5.32 Å². The summed E-state index contributed by atoms with van der Waals surface area (Å²) in [4.78, 5) is 23.8. The molecule has 7 heteroatoms. The molecule has 0 aromatic carbocycles. The van der Waals surface area contributed by atoms with Crippen molar-refractivity contribution in [2.24, 2.45) is 26.6 Å². The largest absolute Gasteiger partial charge is 0.333 e. The zero-order chi connectivity index (χ0) is 15.1. The van der Waals surface area contributed by atoms with E-state index in [2.05, 4.69) is 48.7 Å². The molecule has 0 aromatic heterocycles. The Hall–Kier alpha value is -1.60. The Bertz CT molecular complexity index is 515. The van der Waals surface area contributed by atoms with Gasteiger partial charge >= 0.3 is 0 Å². The number of aliphatic imine (C=N–C) groups is 3. The molecule has 0 spiro atoms. The van der Waals surface area contributed by atoms with E-state index in [-0.39, 0.29) is 11.8 Å². The normalized spacial score (nSPS) is 21.6. The van der Waals surface area contributed by atoms with Gasteiger partial charge in [0.15, 0.2) is 5.84 Å². The maximum atomic E-state index is 11.8. The predicted octanol–water partition coefficient (Wildman–Crippen LogP) is 1.39. The van der Waals surface area contributed by atoms with Crippen LogP contribution in [0.15, 0.2) is 37.3 Å². The Morgan fingerprint density at radius 2 is 2.25 bits per heavy atom. The molecule has 1 aliphatic carbocycles. The molecule has 1 aliphatic heterocycles. The zero-order valence-corrected chi connectivity index (χ0v) is 13.1. The molecule has 1 saturated carbocycles. The highest BCUT2D eigenvalue weighted by molar-refractivity contribution is 9.12. The third kappa shape index (κ3) is 4.21. The van der Waals surface area contributed by atoms with Crippen molar-refractivity contribution in [1.29, 1.82) is 0 Å². The molecule has 20 heavy (non-hydrogen) atoms. The van der Waals surface area contributed by atoms with Crippen molar-refractivity contribution < 1.29 is 4.79 Å². The van der Waals surface area contributed by atoms with Gasteiger partial charge in [-0.05, 0) is 48.6 Å². The highest BCUT2D eigenvalue weighted by Gasteiger charge is 2.31. The molecule has 0 radical (unpaired) electrons. The molecule has 6 nitrogen and oxygen atoms in total. The number of nitrogens with zero attached hydrogens (tertiary/aromatic N) is 3. The van der Waals surface area contributed by atoms with Gasteiger partial charge in [0.2, 0.25) is 5.91 Å². The van der Waals surface area contributed by atoms with Crippen molar-refractivity contribution >= 4 is 40.2 Å². The number of amidine groups is 2. The number of nitrogens with one attached hydrogen (secondary N) is 1. The van der Waals surface area contributed by atoms with Crippen LogP contribution in [0.3, 0.4) is 0 Å². The predicted molar refractivity (Wildman–Crippen MR) is 86.4 cm³/mol. The molecule has 0 unspecified atom stereocenters. The first-order valence-corrected chi connectivity index (χ1v) is 6.93. The van der Waals surface area contributed by atoms with Gasteiger partial charge in [0.1, 0.15) is 5.84 Å². The summed E-state index contributed by atoms with van der Waals surface area (Å²) < 4.78 is 0.754. The summed E-state index contributed by atoms with van der Waals surface area (Å²) in [5.41, 5.74) is 5.21. The van der Waals surface area contributed by atoms with Crippen LogP contribution in [-0.4, -0.2) is 38.4 Å². The van der Waals surface area contributed by atoms with Crippen LogP contribution in [0.4, 0.5) is 0 Å². The van der Waals surface area contributed by atoms with Gasteiger partial charge in [0, 0.05) is 24.7 Å². The molecule has 0 atom stereocenters. The number of amides is 1. The molecule has 108 valence electrons. The summed E-state index contributed by atoms with van der Waals surface area (Å²) >= 11 is 3.37. The molecule has 1 fully saturated rings. The quantitative estimate of drug-likeness (QED) is 0.744. The minimum atomic E-state index is 0.00517. The Morgan fingerprint density at radius 1 is 1.60 bits per heavy atom. The minimum Gasteiger partial charge on any atom is -0.333 e. The molecule has 2 aliphatic rings. The fraction of sp³-hybridized carbons (Fsp3) is 0.385. The van der Waals surface area contributed by atoms with Gasteiger partial charge in [-0.25, -0.2) is 4.99 Å². The molecule has 0 aromatic rings. The van der Waals surface area contributed by atoms with E-state index >= 15 is 0 Å². The lowest BCUT2D eigenvalue weighted by Crippen LogP contribution is -2.34. The van der Waals surface area contributed by atoms with E-state index in [1.165, 1.54) is 7.05 Å². The van der Waals surface area contributed by atoms with Gasteiger partial charge in [-0.2, -0.15) is 0 Å². The Balaban J connectivity index is 0.000000956. The van der Waals surface area contributed by atoms with E-state index in [1.807, 2.05) is 6.08 Å². The van der Waals surface area contributed by atoms with Crippen LogP contribution >= 0.6 is 15.9 Å². The number of rotatable bonds is 2. The van der Waals surface area contributed by atoms with Crippen LogP contribution in [0, 0.1) is 5.92 Å². The Morgan fingerprint density at radius 3 is 2.75 bits per heavy atom. The fourth-order valence-corrected chi connectivity index (χ4v) is 2.02. The van der Waals surface area contributed by atoms with E-state index in [0.29, 0.717) is 17.2 Å². The van der Waals surface area contributed by atoms with Gasteiger partial charge in [-0.15, -0.1) is 0 Å². The van der Waals surface area contributed by atoms with Crippen molar-refractivity contribution in [3.8, 4) is 0 Å². The van der Waals surface area contributed by atoms with Gasteiger partial charge in [-0.1, -0.05) is 0 Å². The second-order valence-corrected chi connectivity index (χ2v) is 4.88. The van der Waals surface area contributed by atoms with E-state index < -0.39 is 0 Å². The number of carbonyl (C=O) groups excluding carboxylic acids is 1. The lowest BCUT2D eigenvalue weighted by atomic mass is 10.2. The van der Waals surface area contributed by atoms with Gasteiger partial charge in [-0.3, -0.25) is 14.8 Å². The summed E-state index contributed by atoms with van der Waals surface area (Å²) in [6, 6.07) is 0. The second-order valence-electron chi connectivity index (χ2n) is 4.03. The number of carbonyl (C=O) groups is 1. The second kappa shape index (κ2) is 7.86. The zero-order valence-electron chi connectivity index (χ0n) is 11.6. The standard InChI is InChI=1S/C12H13BrN4O.CH5N/c1-14-6-8-5-9(13)11(15-2)16-10(8)17-12(18)7-3-4-7;1-2/h5-7H,1,3-4H2,2H3,(H,15,16,17,18);2H2,1H3/b8-6-;. The highest BCUT2D eigenvalue weighted by Crippen LogP contribution is 2.29. The molecular formula is C13H18BrN5O. The third-order valence-electron chi connectivity index (χ3n) is 2.62. The molecule has 0 bridgehead atoms. The summed E-state index contributed by atoms with van der Waals surface area (Å²) in [7, 11) is 3.15. The van der Waals surface area contributed by atoms with Gasteiger partial charge in [0.05, 0.1) is 4.48 Å². The molecule has 1 heterocycles. The monoisotopic (exact) mass is 339 g/mol. The van der Waals surface area contributed by atoms with Crippen LogP contribution in [0.2, 0.25) is 0 Å². The first-order chi connectivity index (χ1) is 9.65. The first kappa shape index (κ1) is 16.5. The van der Waals surface area contributed by atoms with E-state index in [4.69, 9.17) is 0 Å². The summed E-state index contributed by atoms with van der Waals surface area (Å²) in [5, 5.41) is 2.81. The van der Waals surface area contributed by atoms with Crippen molar-refractivity contribution in [2.45, 2.75) is 12.8 Å². The Labute approximate surface area is 126 Å². The average molecular weight is 340 g/mol. The van der Waals surface area contributed by atoms with Crippen LogP contribution in [0.1, 0.15) is 12.8 Å². The van der Waals surface area contributed by atoms with E-state index in [9.17, 15) is 4.79 Å². The SMILES string of the molecule is C=N/C=C1/C=C(Br)C(=NC)N=C1NC(=O)C1CC1.CN. The van der Waals surface area contributed by atoms with E-state index in [0.717, 1.165) is 17.3 Å². The maximum Gasteiger partial charge on any atom is 0.228 e. The lowest BCUT2D eigenvalue weighted by molar-refractivity contribution is -0.120. The molecule has 1 amide bonds. The topological polar surface area (TPSA) is 92.2 Å². The van der Waals surface area contributed by atoms with E-state index in [1.54, 1.807) is 13.2 Å². The summed E-state index contributed by atoms with van der Waals surface area (Å²) in [5.74, 6) is 1.15. The molecule has 3 N–H and O–H groups in total. The van der Waals surface area contributed by atoms with Crippen molar-refractivity contribution in [3.63, 3.8) is 0 Å². The number of hydrogen-bond donors (Lipinski definition) is 2. The highest BCUT2D eigenvalue weighted by atomic mass is 79.9. The van der Waals surface area contributed by atoms with Gasteiger partial charge < -0.3 is 11.1 Å². The number of halogens is 1. The summed E-state index contributed by atoms with van der Waals surface area (Å²) in [6.07, 6.45) is 5.27. The van der Waals surface area contributed by atoms with Crippen LogP contribution in [0.25, 0.3) is 0 Å². The van der Waals surface area contributed by atoms with Gasteiger partial charge in [0.25, 0.3) is 0 Å². The first-order valence-electron chi connectivity index (χ1n) is 6.13. The summed E-state index contributed by atoms with van der Waals surface area (Å²) in [6.45, 7) is 3.41. The number of hydrogen-bond acceptors (Lipinski definition) is 4. The smallest absolute Gasteiger partial charge is 0.228 e. The van der Waals surface area contributed by atoms with Crippen molar-refractivity contribution in [3.05, 3.63) is 22.3 Å². The van der Waals surface area contributed by atoms with Crippen LogP contribution in [0.5, 0.6) is 0 Å². The van der Waals surface area contributed by atoms with Crippen LogP contribution in [-0.2, 0) is 4.79 Å².